The first-order chi connectivity index (χ1) is 10.4. The van der Waals surface area contributed by atoms with Crippen molar-refractivity contribution < 1.29 is 19.5 Å². The van der Waals surface area contributed by atoms with Crippen LogP contribution < -0.4 is 10.6 Å². The number of hydrogen-bond donors (Lipinski definition) is 3. The Hall–Kier alpha value is -2.28. The molecule has 0 radical (unpaired) electrons. The Bertz CT molecular complexity index is 533. The number of carbonyl (C=O) groups excluding carboxylic acids is 2. The number of halogens is 1. The molecule has 1 aromatic rings. The van der Waals surface area contributed by atoms with Crippen LogP contribution in [0.15, 0.2) is 24.3 Å². The van der Waals surface area contributed by atoms with Crippen molar-refractivity contribution >= 4 is 29.5 Å². The Morgan fingerprint density at radius 1 is 1.14 bits per heavy atom. The number of amides is 3. The minimum Gasteiger partial charge on any atom is -0.481 e. The lowest BCUT2D eigenvalue weighted by Gasteiger charge is -2.17. The second-order valence-corrected chi connectivity index (χ2v) is 5.00. The maximum Gasteiger partial charge on any atom is 0.317 e. The summed E-state index contributed by atoms with van der Waals surface area (Å²) >= 11 is 5.73. The number of rotatable bonds is 7. The van der Waals surface area contributed by atoms with E-state index in [0.29, 0.717) is 10.6 Å². The topological polar surface area (TPSA) is 98.7 Å². The summed E-state index contributed by atoms with van der Waals surface area (Å²) in [7, 11) is 1.50. The van der Waals surface area contributed by atoms with Crippen LogP contribution in [0.2, 0.25) is 5.02 Å². The van der Waals surface area contributed by atoms with Crippen LogP contribution in [0.1, 0.15) is 16.8 Å². The van der Waals surface area contributed by atoms with E-state index < -0.39 is 5.97 Å². The number of carboxylic acids is 1. The maximum absolute atomic E-state index is 11.8. The van der Waals surface area contributed by atoms with Crippen molar-refractivity contribution in [2.75, 3.05) is 26.7 Å². The number of carboxylic acid groups (broad SMARTS) is 1. The average Bonchev–Trinajstić information content (AvgIpc) is 2.49. The minimum atomic E-state index is -0.963. The van der Waals surface area contributed by atoms with Gasteiger partial charge < -0.3 is 20.6 Å². The lowest BCUT2D eigenvalue weighted by molar-refractivity contribution is -0.137. The van der Waals surface area contributed by atoms with Crippen molar-refractivity contribution in [2.24, 2.45) is 0 Å². The zero-order chi connectivity index (χ0) is 16.5. The number of benzene rings is 1. The summed E-state index contributed by atoms with van der Waals surface area (Å²) in [4.78, 5) is 35.0. The molecule has 0 atom stereocenters. The molecule has 8 heteroatoms. The molecule has 0 heterocycles. The summed E-state index contributed by atoms with van der Waals surface area (Å²) in [5.74, 6) is -1.22. The van der Waals surface area contributed by atoms with E-state index in [0.717, 1.165) is 0 Å². The summed E-state index contributed by atoms with van der Waals surface area (Å²) in [5.41, 5.74) is 0.481. The van der Waals surface area contributed by atoms with E-state index in [-0.39, 0.29) is 38.0 Å². The normalized spacial score (nSPS) is 9.91. The van der Waals surface area contributed by atoms with Gasteiger partial charge in [-0.2, -0.15) is 0 Å². The Morgan fingerprint density at radius 3 is 2.32 bits per heavy atom. The highest BCUT2D eigenvalue weighted by Crippen LogP contribution is 2.09. The first-order valence-electron chi connectivity index (χ1n) is 6.64. The zero-order valence-electron chi connectivity index (χ0n) is 12.1. The van der Waals surface area contributed by atoms with Crippen LogP contribution in [0.5, 0.6) is 0 Å². The van der Waals surface area contributed by atoms with E-state index in [1.54, 1.807) is 24.3 Å². The number of hydrogen-bond acceptors (Lipinski definition) is 3. The highest BCUT2D eigenvalue weighted by atomic mass is 35.5. The van der Waals surface area contributed by atoms with E-state index in [1.165, 1.54) is 11.9 Å². The molecule has 0 aliphatic heterocycles. The van der Waals surface area contributed by atoms with Gasteiger partial charge in [0.25, 0.3) is 5.91 Å². The second-order valence-electron chi connectivity index (χ2n) is 4.56. The smallest absolute Gasteiger partial charge is 0.317 e. The molecule has 1 rings (SSSR count). The Morgan fingerprint density at radius 2 is 1.73 bits per heavy atom. The third-order valence-corrected chi connectivity index (χ3v) is 3.05. The summed E-state index contributed by atoms with van der Waals surface area (Å²) in [6.07, 6.45) is -0.114. The van der Waals surface area contributed by atoms with Gasteiger partial charge in [0.1, 0.15) is 0 Å². The van der Waals surface area contributed by atoms with Crippen molar-refractivity contribution in [1.29, 1.82) is 0 Å². The first kappa shape index (κ1) is 17.8. The number of aliphatic carboxylic acids is 1. The van der Waals surface area contributed by atoms with Crippen LogP contribution in [0.3, 0.4) is 0 Å². The van der Waals surface area contributed by atoms with Gasteiger partial charge >= 0.3 is 12.0 Å². The molecular formula is C14H18ClN3O4. The molecule has 3 N–H and O–H groups in total. The van der Waals surface area contributed by atoms with Crippen LogP contribution in [0.4, 0.5) is 4.79 Å². The van der Waals surface area contributed by atoms with Gasteiger partial charge in [0.05, 0.1) is 6.42 Å². The van der Waals surface area contributed by atoms with Crippen LogP contribution in [0, 0.1) is 0 Å². The standard InChI is InChI=1S/C14H18ClN3O4/c1-18(9-6-12(19)20)14(22)17-8-7-16-13(21)10-2-4-11(15)5-3-10/h2-5H,6-9H2,1H3,(H,16,21)(H,17,22)(H,19,20). The molecule has 0 fully saturated rings. The number of nitrogens with zero attached hydrogens (tertiary/aromatic N) is 1. The average molecular weight is 328 g/mol. The van der Waals surface area contributed by atoms with Crippen molar-refractivity contribution in [2.45, 2.75) is 6.42 Å². The largest absolute Gasteiger partial charge is 0.481 e. The molecule has 22 heavy (non-hydrogen) atoms. The van der Waals surface area contributed by atoms with E-state index in [2.05, 4.69) is 10.6 Å². The minimum absolute atomic E-state index is 0.114. The van der Waals surface area contributed by atoms with Crippen LogP contribution in [-0.2, 0) is 4.79 Å². The molecular weight excluding hydrogens is 310 g/mol. The summed E-state index contributed by atoms with van der Waals surface area (Å²) < 4.78 is 0. The highest BCUT2D eigenvalue weighted by Gasteiger charge is 2.09. The SMILES string of the molecule is CN(CCC(=O)O)C(=O)NCCNC(=O)c1ccc(Cl)cc1. The molecule has 1 aromatic carbocycles. The Kier molecular flexibility index (Phi) is 7.18. The molecule has 0 aliphatic carbocycles. The molecule has 0 aliphatic rings. The molecule has 0 spiro atoms. The van der Waals surface area contributed by atoms with Crippen molar-refractivity contribution in [3.63, 3.8) is 0 Å². The number of urea groups is 1. The molecule has 0 bridgehead atoms. The van der Waals surface area contributed by atoms with Crippen molar-refractivity contribution in [3.05, 3.63) is 34.9 Å². The number of carbonyl (C=O) groups is 3. The Balaban J connectivity index is 2.24. The fourth-order valence-electron chi connectivity index (χ4n) is 1.55. The fourth-order valence-corrected chi connectivity index (χ4v) is 1.67. The predicted molar refractivity (Wildman–Crippen MR) is 82.1 cm³/mol. The van der Waals surface area contributed by atoms with Gasteiger partial charge in [-0.15, -0.1) is 0 Å². The van der Waals surface area contributed by atoms with Gasteiger partial charge in [0.15, 0.2) is 0 Å². The highest BCUT2D eigenvalue weighted by molar-refractivity contribution is 6.30. The van der Waals surface area contributed by atoms with Crippen LogP contribution in [0.25, 0.3) is 0 Å². The van der Waals surface area contributed by atoms with E-state index in [4.69, 9.17) is 16.7 Å². The summed E-state index contributed by atoms with van der Waals surface area (Å²) in [6, 6.07) is 6.07. The second kappa shape index (κ2) is 8.89. The summed E-state index contributed by atoms with van der Waals surface area (Å²) in [6.45, 7) is 0.633. The van der Waals surface area contributed by atoms with Gasteiger partial charge in [-0.25, -0.2) is 4.79 Å². The van der Waals surface area contributed by atoms with Crippen molar-refractivity contribution in [1.82, 2.24) is 15.5 Å². The molecule has 120 valence electrons. The monoisotopic (exact) mass is 327 g/mol. The van der Waals surface area contributed by atoms with Crippen LogP contribution in [-0.4, -0.2) is 54.6 Å². The van der Waals surface area contributed by atoms with E-state index >= 15 is 0 Å². The van der Waals surface area contributed by atoms with Gasteiger partial charge in [-0.3, -0.25) is 9.59 Å². The Labute approximate surface area is 133 Å². The first-order valence-corrected chi connectivity index (χ1v) is 7.02. The van der Waals surface area contributed by atoms with Crippen molar-refractivity contribution in [3.8, 4) is 0 Å². The molecule has 7 nitrogen and oxygen atoms in total. The molecule has 3 amide bonds. The molecule has 0 saturated heterocycles. The number of nitrogens with one attached hydrogen (secondary N) is 2. The van der Waals surface area contributed by atoms with Gasteiger partial charge in [0, 0.05) is 37.3 Å². The zero-order valence-corrected chi connectivity index (χ0v) is 12.9. The van der Waals surface area contributed by atoms with Gasteiger partial charge in [0.2, 0.25) is 0 Å². The maximum atomic E-state index is 11.8. The van der Waals surface area contributed by atoms with Crippen LogP contribution >= 0.6 is 11.6 Å². The summed E-state index contributed by atoms with van der Waals surface area (Å²) in [5, 5.41) is 14.3. The third kappa shape index (κ3) is 6.45. The molecule has 0 saturated carbocycles. The quantitative estimate of drug-likeness (QED) is 0.655. The van der Waals surface area contributed by atoms with Gasteiger partial charge in [-0.05, 0) is 24.3 Å². The predicted octanol–water partition coefficient (Wildman–Crippen LogP) is 1.19. The van der Waals surface area contributed by atoms with Gasteiger partial charge in [-0.1, -0.05) is 11.6 Å². The fraction of sp³-hybridized carbons (Fsp3) is 0.357. The lowest BCUT2D eigenvalue weighted by atomic mass is 10.2. The van der Waals surface area contributed by atoms with E-state index in [1.807, 2.05) is 0 Å². The lowest BCUT2D eigenvalue weighted by Crippen LogP contribution is -2.41. The molecule has 0 aromatic heterocycles. The molecule has 0 unspecified atom stereocenters. The third-order valence-electron chi connectivity index (χ3n) is 2.80. The van der Waals surface area contributed by atoms with E-state index in [9.17, 15) is 14.4 Å².